The second-order valence-electron chi connectivity index (χ2n) is 14.3. The normalized spacial score (nSPS) is 14.6. The summed E-state index contributed by atoms with van der Waals surface area (Å²) in [6.07, 6.45) is 0. The molecule has 0 fully saturated rings. The van der Waals surface area contributed by atoms with Gasteiger partial charge in [-0.25, -0.2) is 9.97 Å². The van der Waals surface area contributed by atoms with Gasteiger partial charge in [0.25, 0.3) is 0 Å². The van der Waals surface area contributed by atoms with E-state index in [2.05, 4.69) is 173 Å². The molecule has 1 heterocycles. The van der Waals surface area contributed by atoms with E-state index in [0.29, 0.717) is 0 Å². The zero-order chi connectivity index (χ0) is 32.6. The molecular weight excluding hydrogens is 581 g/mol. The van der Waals surface area contributed by atoms with Gasteiger partial charge in [-0.05, 0) is 73.8 Å². The van der Waals surface area contributed by atoms with Crippen molar-refractivity contribution in [2.75, 3.05) is 0 Å². The van der Waals surface area contributed by atoms with Gasteiger partial charge in [-0.2, -0.15) is 0 Å². The van der Waals surface area contributed by atoms with Crippen LogP contribution in [0.15, 0.2) is 146 Å². The minimum Gasteiger partial charge on any atom is -0.228 e. The summed E-state index contributed by atoms with van der Waals surface area (Å²) in [5.74, 6) is 0.743. The van der Waals surface area contributed by atoms with E-state index >= 15 is 0 Å². The molecular formula is C46H36N2. The molecule has 0 radical (unpaired) electrons. The highest BCUT2D eigenvalue weighted by Gasteiger charge is 2.36. The molecule has 0 spiro atoms. The first-order chi connectivity index (χ1) is 23.3. The first kappa shape index (κ1) is 28.6. The predicted octanol–water partition coefficient (Wildman–Crippen LogP) is 11.8. The minimum atomic E-state index is -0.101. The zero-order valence-corrected chi connectivity index (χ0v) is 27.8. The third kappa shape index (κ3) is 4.33. The van der Waals surface area contributed by atoms with Crippen molar-refractivity contribution in [3.8, 4) is 67.3 Å². The minimum absolute atomic E-state index is 0.0888. The van der Waals surface area contributed by atoms with Gasteiger partial charge in [0.2, 0.25) is 0 Å². The monoisotopic (exact) mass is 616 g/mol. The van der Waals surface area contributed by atoms with Crippen LogP contribution in [0.25, 0.3) is 67.3 Å². The van der Waals surface area contributed by atoms with Crippen LogP contribution in [0.4, 0.5) is 0 Å². The average molecular weight is 617 g/mol. The smallest absolute Gasteiger partial charge is 0.160 e. The highest BCUT2D eigenvalue weighted by Crippen LogP contribution is 2.51. The molecule has 0 saturated heterocycles. The second kappa shape index (κ2) is 10.5. The molecule has 9 rings (SSSR count). The van der Waals surface area contributed by atoms with Gasteiger partial charge in [0.1, 0.15) is 0 Å². The molecule has 0 atom stereocenters. The Kier molecular flexibility index (Phi) is 6.23. The highest BCUT2D eigenvalue weighted by molar-refractivity contribution is 5.85. The van der Waals surface area contributed by atoms with Crippen LogP contribution in [-0.2, 0) is 10.8 Å². The Hall–Kier alpha value is -5.60. The number of aromatic nitrogens is 2. The number of nitrogens with zero attached hydrogens (tertiary/aromatic N) is 2. The fourth-order valence-corrected chi connectivity index (χ4v) is 8.04. The van der Waals surface area contributed by atoms with Crippen molar-refractivity contribution in [2.45, 2.75) is 38.5 Å². The topological polar surface area (TPSA) is 25.8 Å². The van der Waals surface area contributed by atoms with Gasteiger partial charge in [-0.1, -0.05) is 155 Å². The fraction of sp³-hybridized carbons (Fsp3) is 0.130. The summed E-state index contributed by atoms with van der Waals surface area (Å²) >= 11 is 0. The van der Waals surface area contributed by atoms with E-state index in [1.807, 2.05) is 0 Å². The molecule has 2 heteroatoms. The molecule has 0 N–H and O–H groups in total. The van der Waals surface area contributed by atoms with Crippen molar-refractivity contribution in [1.82, 2.24) is 9.97 Å². The summed E-state index contributed by atoms with van der Waals surface area (Å²) in [5, 5.41) is 0. The van der Waals surface area contributed by atoms with Crippen molar-refractivity contribution in [1.29, 1.82) is 0 Å². The summed E-state index contributed by atoms with van der Waals surface area (Å²) in [6.45, 7) is 9.30. The van der Waals surface area contributed by atoms with Crippen LogP contribution >= 0.6 is 0 Å². The molecule has 0 amide bonds. The van der Waals surface area contributed by atoms with Crippen molar-refractivity contribution >= 4 is 0 Å². The van der Waals surface area contributed by atoms with Crippen molar-refractivity contribution in [2.24, 2.45) is 0 Å². The molecule has 2 aliphatic carbocycles. The van der Waals surface area contributed by atoms with Gasteiger partial charge in [-0.3, -0.25) is 0 Å². The lowest BCUT2D eigenvalue weighted by Crippen LogP contribution is -2.15. The van der Waals surface area contributed by atoms with Crippen LogP contribution in [0.1, 0.15) is 49.9 Å². The molecule has 7 aromatic rings. The summed E-state index contributed by atoms with van der Waals surface area (Å²) in [5.41, 5.74) is 17.9. The van der Waals surface area contributed by atoms with Crippen molar-refractivity contribution in [3.63, 3.8) is 0 Å². The van der Waals surface area contributed by atoms with Gasteiger partial charge in [0, 0.05) is 27.5 Å². The van der Waals surface area contributed by atoms with Gasteiger partial charge in [0.15, 0.2) is 5.82 Å². The van der Waals surface area contributed by atoms with E-state index in [1.54, 1.807) is 0 Å². The molecule has 0 saturated carbocycles. The number of hydrogen-bond donors (Lipinski definition) is 0. The van der Waals surface area contributed by atoms with Crippen molar-refractivity contribution < 1.29 is 0 Å². The van der Waals surface area contributed by atoms with Crippen LogP contribution in [0, 0.1) is 0 Å². The number of rotatable bonds is 4. The van der Waals surface area contributed by atoms with E-state index in [9.17, 15) is 0 Å². The van der Waals surface area contributed by atoms with Crippen LogP contribution in [0.2, 0.25) is 0 Å². The Morgan fingerprint density at radius 2 is 0.750 bits per heavy atom. The van der Waals surface area contributed by atoms with Crippen LogP contribution < -0.4 is 0 Å². The Morgan fingerprint density at radius 3 is 1.35 bits per heavy atom. The summed E-state index contributed by atoms with van der Waals surface area (Å²) in [6, 6.07) is 52.6. The molecule has 2 nitrogen and oxygen atoms in total. The lowest BCUT2D eigenvalue weighted by Gasteiger charge is -2.22. The standard InChI is InChI=1S/C46H36N2/c1-45(2)38-16-10-8-14-34(38)36-24-22-32(26-40(36)45)43-28-42(31-20-18-30(19-21-31)29-12-6-5-7-13-29)47-44(48-43)33-23-25-37-35-15-9-11-17-39(35)46(3,4)41(37)27-33/h5-28H,1-4H3. The second-order valence-corrected chi connectivity index (χ2v) is 14.3. The van der Waals surface area contributed by atoms with Crippen LogP contribution in [0.3, 0.4) is 0 Å². The first-order valence-corrected chi connectivity index (χ1v) is 16.8. The van der Waals surface area contributed by atoms with E-state index in [1.165, 1.54) is 55.6 Å². The van der Waals surface area contributed by atoms with Gasteiger partial charge < -0.3 is 0 Å². The maximum atomic E-state index is 5.30. The molecule has 1 aromatic heterocycles. The summed E-state index contributed by atoms with van der Waals surface area (Å²) in [4.78, 5) is 10.5. The zero-order valence-electron chi connectivity index (χ0n) is 27.8. The molecule has 0 unspecified atom stereocenters. The van der Waals surface area contributed by atoms with Crippen LogP contribution in [-0.4, -0.2) is 9.97 Å². The Balaban J connectivity index is 1.20. The lowest BCUT2D eigenvalue weighted by molar-refractivity contribution is 0.660. The molecule has 0 bridgehead atoms. The summed E-state index contributed by atoms with van der Waals surface area (Å²) in [7, 11) is 0. The van der Waals surface area contributed by atoms with Gasteiger partial charge in [0.05, 0.1) is 11.4 Å². The highest BCUT2D eigenvalue weighted by atomic mass is 14.9. The average Bonchev–Trinajstić information content (AvgIpc) is 3.51. The molecule has 230 valence electrons. The molecule has 2 aliphatic rings. The van der Waals surface area contributed by atoms with E-state index in [0.717, 1.165) is 33.9 Å². The fourth-order valence-electron chi connectivity index (χ4n) is 8.04. The third-order valence-corrected chi connectivity index (χ3v) is 10.7. The SMILES string of the molecule is CC1(C)c2ccccc2-c2ccc(-c3cc(-c4ccc(-c5ccccc5)cc4)nc(-c4ccc5c(c4)C(C)(C)c4ccccc4-5)n3)cc21. The van der Waals surface area contributed by atoms with Crippen molar-refractivity contribution in [3.05, 3.63) is 168 Å². The molecule has 0 aliphatic heterocycles. The van der Waals surface area contributed by atoms with Gasteiger partial charge in [-0.15, -0.1) is 0 Å². The molecule has 48 heavy (non-hydrogen) atoms. The quantitative estimate of drug-likeness (QED) is 0.197. The third-order valence-electron chi connectivity index (χ3n) is 10.7. The summed E-state index contributed by atoms with van der Waals surface area (Å²) < 4.78 is 0. The predicted molar refractivity (Wildman–Crippen MR) is 199 cm³/mol. The van der Waals surface area contributed by atoms with E-state index in [-0.39, 0.29) is 10.8 Å². The number of fused-ring (bicyclic) bond motifs is 6. The Labute approximate surface area is 282 Å². The lowest BCUT2D eigenvalue weighted by atomic mass is 9.82. The van der Waals surface area contributed by atoms with E-state index < -0.39 is 0 Å². The Bertz CT molecular complexity index is 2250. The number of benzene rings is 6. The molecule has 6 aromatic carbocycles. The number of hydrogen-bond acceptors (Lipinski definition) is 2. The first-order valence-electron chi connectivity index (χ1n) is 16.8. The largest absolute Gasteiger partial charge is 0.228 e. The van der Waals surface area contributed by atoms with E-state index in [4.69, 9.17) is 9.97 Å². The van der Waals surface area contributed by atoms with Crippen LogP contribution in [0.5, 0.6) is 0 Å². The maximum absolute atomic E-state index is 5.30. The maximum Gasteiger partial charge on any atom is 0.160 e. The van der Waals surface area contributed by atoms with Gasteiger partial charge >= 0.3 is 0 Å². The Morgan fingerprint density at radius 1 is 0.333 bits per heavy atom.